The normalized spacial score (nSPS) is 11.1. The number of carbonyl (C=O) groups excluding carboxylic acids is 1. The summed E-state index contributed by atoms with van der Waals surface area (Å²) in [6.45, 7) is 0.215. The molecule has 0 fully saturated rings. The van der Waals surface area contributed by atoms with Crippen LogP contribution in [0.5, 0.6) is 0 Å². The van der Waals surface area contributed by atoms with Crippen molar-refractivity contribution in [2.45, 2.75) is 13.1 Å². The lowest BCUT2D eigenvalue weighted by atomic mass is 10.2. The van der Waals surface area contributed by atoms with Gasteiger partial charge in [-0.05, 0) is 42.5 Å². The smallest absolute Gasteiger partial charge is 0.247 e. The van der Waals surface area contributed by atoms with Crippen molar-refractivity contribution in [2.24, 2.45) is 0 Å². The van der Waals surface area contributed by atoms with Crippen LogP contribution >= 0.6 is 11.6 Å². The second kappa shape index (κ2) is 7.85. The zero-order valence-electron chi connectivity index (χ0n) is 13.2. The first kappa shape index (κ1) is 17.0. The van der Waals surface area contributed by atoms with Crippen LogP contribution in [0.2, 0.25) is 5.02 Å². The van der Waals surface area contributed by atoms with Gasteiger partial charge >= 0.3 is 0 Å². The van der Waals surface area contributed by atoms with Gasteiger partial charge in [-0.15, -0.1) is 0 Å². The van der Waals surface area contributed by atoms with E-state index in [0.717, 1.165) is 0 Å². The maximum atomic E-state index is 14.1. The highest BCUT2D eigenvalue weighted by Crippen LogP contribution is 2.22. The third kappa shape index (κ3) is 4.39. The van der Waals surface area contributed by atoms with Gasteiger partial charge in [0, 0.05) is 16.7 Å². The van der Waals surface area contributed by atoms with E-state index in [0.29, 0.717) is 11.5 Å². The van der Waals surface area contributed by atoms with E-state index >= 15 is 0 Å². The maximum absolute atomic E-state index is 14.1. The van der Waals surface area contributed by atoms with Crippen LogP contribution in [0.25, 0.3) is 6.08 Å². The monoisotopic (exact) mass is 359 g/mol. The Morgan fingerprint density at radius 1 is 1.08 bits per heavy atom. The molecule has 0 atom stereocenters. The van der Waals surface area contributed by atoms with Gasteiger partial charge in [0.2, 0.25) is 5.91 Å². The van der Waals surface area contributed by atoms with Gasteiger partial charge in [0.05, 0.1) is 25.6 Å². The van der Waals surface area contributed by atoms with Crippen LogP contribution in [0.3, 0.4) is 0 Å². The number of hydrogen-bond acceptors (Lipinski definition) is 3. The minimum Gasteiger partial charge on any atom is -0.467 e. The molecule has 0 bridgehead atoms. The van der Waals surface area contributed by atoms with E-state index in [4.69, 9.17) is 20.4 Å². The number of amides is 1. The molecular weight excluding hydrogens is 345 g/mol. The molecule has 0 N–H and O–H groups in total. The number of carbonyl (C=O) groups is 1. The zero-order chi connectivity index (χ0) is 17.6. The molecule has 0 aliphatic rings. The summed E-state index contributed by atoms with van der Waals surface area (Å²) in [4.78, 5) is 14.0. The van der Waals surface area contributed by atoms with Gasteiger partial charge in [0.1, 0.15) is 17.3 Å². The van der Waals surface area contributed by atoms with Crippen LogP contribution in [0.4, 0.5) is 4.39 Å². The first-order chi connectivity index (χ1) is 12.1. The molecule has 0 spiro atoms. The Bertz CT molecular complexity index is 837. The highest BCUT2D eigenvalue weighted by atomic mass is 35.5. The van der Waals surface area contributed by atoms with Gasteiger partial charge in [-0.3, -0.25) is 4.79 Å². The van der Waals surface area contributed by atoms with Crippen molar-refractivity contribution in [1.82, 2.24) is 4.90 Å². The topological polar surface area (TPSA) is 46.6 Å². The van der Waals surface area contributed by atoms with Crippen LogP contribution in [0.15, 0.2) is 69.9 Å². The first-order valence-electron chi connectivity index (χ1n) is 7.59. The van der Waals surface area contributed by atoms with Gasteiger partial charge in [0.15, 0.2) is 0 Å². The van der Waals surface area contributed by atoms with Crippen molar-refractivity contribution >= 4 is 23.6 Å². The molecule has 0 aliphatic carbocycles. The number of nitrogens with zero attached hydrogens (tertiary/aromatic N) is 1. The fraction of sp³-hybridized carbons (Fsp3) is 0.105. The van der Waals surface area contributed by atoms with E-state index in [1.165, 1.54) is 35.6 Å². The Kier molecular flexibility index (Phi) is 5.36. The quantitative estimate of drug-likeness (QED) is 0.588. The van der Waals surface area contributed by atoms with E-state index in [-0.39, 0.29) is 29.6 Å². The summed E-state index contributed by atoms with van der Waals surface area (Å²) in [5.74, 6) is 0.370. The highest BCUT2D eigenvalue weighted by Gasteiger charge is 2.17. The average Bonchev–Trinajstić information content (AvgIpc) is 3.28. The first-order valence-corrected chi connectivity index (χ1v) is 7.97. The number of rotatable bonds is 6. The molecule has 0 aliphatic heterocycles. The minimum atomic E-state index is -0.459. The lowest BCUT2D eigenvalue weighted by Gasteiger charge is -2.21. The average molecular weight is 360 g/mol. The number of hydrogen-bond donors (Lipinski definition) is 0. The summed E-state index contributed by atoms with van der Waals surface area (Å²) in [6, 6.07) is 11.4. The Labute approximate surface area is 149 Å². The SMILES string of the molecule is O=C(/C=C/c1ccco1)N(Cc1ccco1)Cc1c(F)cccc1Cl. The second-order valence-corrected chi connectivity index (χ2v) is 5.73. The molecule has 6 heteroatoms. The molecule has 25 heavy (non-hydrogen) atoms. The number of furan rings is 2. The Balaban J connectivity index is 1.83. The van der Waals surface area contributed by atoms with Crippen LogP contribution in [-0.2, 0) is 17.9 Å². The molecule has 2 heterocycles. The molecule has 0 saturated heterocycles. The van der Waals surface area contributed by atoms with E-state index in [2.05, 4.69) is 0 Å². The van der Waals surface area contributed by atoms with Gasteiger partial charge in [-0.1, -0.05) is 17.7 Å². The van der Waals surface area contributed by atoms with Crippen molar-refractivity contribution in [3.8, 4) is 0 Å². The molecule has 0 radical (unpaired) electrons. The van der Waals surface area contributed by atoms with Gasteiger partial charge in [-0.2, -0.15) is 0 Å². The molecular formula is C19H15ClFNO3. The minimum absolute atomic E-state index is 0.0214. The largest absolute Gasteiger partial charge is 0.467 e. The standard InChI is InChI=1S/C19H15ClFNO3/c20-17-6-1-7-18(21)16(17)13-22(12-15-5-3-11-25-15)19(23)9-8-14-4-2-10-24-14/h1-11H,12-13H2/b9-8+. The summed E-state index contributed by atoms with van der Waals surface area (Å²) >= 11 is 6.08. The number of benzene rings is 1. The summed E-state index contributed by atoms with van der Waals surface area (Å²) in [6.07, 6.45) is 5.97. The summed E-state index contributed by atoms with van der Waals surface area (Å²) < 4.78 is 24.6. The molecule has 4 nitrogen and oxygen atoms in total. The molecule has 1 amide bonds. The molecule has 1 aromatic carbocycles. The van der Waals surface area contributed by atoms with Crippen molar-refractivity contribution in [3.63, 3.8) is 0 Å². The summed E-state index contributed by atoms with van der Waals surface area (Å²) in [7, 11) is 0. The predicted molar refractivity (Wildman–Crippen MR) is 92.1 cm³/mol. The van der Waals surface area contributed by atoms with Gasteiger partial charge in [0.25, 0.3) is 0 Å². The maximum Gasteiger partial charge on any atom is 0.247 e. The highest BCUT2D eigenvalue weighted by molar-refractivity contribution is 6.31. The van der Waals surface area contributed by atoms with Crippen LogP contribution in [0.1, 0.15) is 17.1 Å². The number of halogens is 2. The summed E-state index contributed by atoms with van der Waals surface area (Å²) in [5.41, 5.74) is 0.260. The Morgan fingerprint density at radius 2 is 1.88 bits per heavy atom. The van der Waals surface area contributed by atoms with E-state index in [9.17, 15) is 9.18 Å². The Morgan fingerprint density at radius 3 is 2.56 bits per heavy atom. The van der Waals surface area contributed by atoms with Gasteiger partial charge in [-0.25, -0.2) is 4.39 Å². The van der Waals surface area contributed by atoms with E-state index in [1.54, 1.807) is 36.4 Å². The second-order valence-electron chi connectivity index (χ2n) is 5.32. The molecule has 3 rings (SSSR count). The molecule has 128 valence electrons. The Hall–Kier alpha value is -2.79. The van der Waals surface area contributed by atoms with Gasteiger partial charge < -0.3 is 13.7 Å². The zero-order valence-corrected chi connectivity index (χ0v) is 13.9. The molecule has 0 saturated carbocycles. The van der Waals surface area contributed by atoms with Crippen LogP contribution in [0, 0.1) is 5.82 Å². The van der Waals surface area contributed by atoms with E-state index < -0.39 is 5.82 Å². The van der Waals surface area contributed by atoms with E-state index in [1.807, 2.05) is 0 Å². The van der Waals surface area contributed by atoms with Crippen molar-refractivity contribution in [1.29, 1.82) is 0 Å². The fourth-order valence-electron chi connectivity index (χ4n) is 2.32. The fourth-order valence-corrected chi connectivity index (χ4v) is 2.54. The van der Waals surface area contributed by atoms with Crippen LogP contribution in [-0.4, -0.2) is 10.8 Å². The van der Waals surface area contributed by atoms with Crippen molar-refractivity contribution in [2.75, 3.05) is 0 Å². The lowest BCUT2D eigenvalue weighted by molar-refractivity contribution is -0.127. The molecule has 0 unspecified atom stereocenters. The van der Waals surface area contributed by atoms with Crippen molar-refractivity contribution < 1.29 is 18.0 Å². The van der Waals surface area contributed by atoms with Crippen molar-refractivity contribution in [3.05, 3.63) is 89.0 Å². The lowest BCUT2D eigenvalue weighted by Crippen LogP contribution is -2.29. The molecule has 3 aromatic rings. The molecule has 2 aromatic heterocycles. The summed E-state index contributed by atoms with van der Waals surface area (Å²) in [5, 5.41) is 0.271. The predicted octanol–water partition coefficient (Wildman–Crippen LogP) is 4.91. The third-order valence-corrected chi connectivity index (χ3v) is 3.94. The van der Waals surface area contributed by atoms with Crippen LogP contribution < -0.4 is 0 Å². The third-order valence-electron chi connectivity index (χ3n) is 3.58.